The van der Waals surface area contributed by atoms with Gasteiger partial charge < -0.3 is 30.5 Å². The van der Waals surface area contributed by atoms with Crippen LogP contribution in [0.2, 0.25) is 0 Å². The Labute approximate surface area is 170 Å². The van der Waals surface area contributed by atoms with Gasteiger partial charge in [-0.15, -0.1) is 12.4 Å². The maximum Gasteiger partial charge on any atom is 0.299 e. The molecule has 0 aliphatic carbocycles. The van der Waals surface area contributed by atoms with Gasteiger partial charge in [-0.1, -0.05) is 18.7 Å². The number of thiol groups is 1. The highest BCUT2D eigenvalue weighted by Crippen LogP contribution is 2.35. The van der Waals surface area contributed by atoms with E-state index in [1.807, 2.05) is 18.7 Å². The van der Waals surface area contributed by atoms with E-state index in [0.717, 1.165) is 13.1 Å². The molecule has 0 atom stereocenters. The van der Waals surface area contributed by atoms with Gasteiger partial charge >= 0.3 is 0 Å². The minimum absolute atomic E-state index is 0. The average Bonchev–Trinajstić information content (AvgIpc) is 2.50. The zero-order valence-corrected chi connectivity index (χ0v) is 17.6. The number of carbonyl (C=O) groups excluding carboxylic acids is 1. The monoisotopic (exact) mass is 424 g/mol. The molecule has 8 nitrogen and oxygen atoms in total. The number of hydrogen-bond acceptors (Lipinski definition) is 6. The number of rotatable bonds is 3. The quantitative estimate of drug-likeness (QED) is 0.255. The molecule has 1 aromatic rings. The van der Waals surface area contributed by atoms with Crippen LogP contribution < -0.4 is 5.73 Å². The number of carbonyl (C=O) groups is 1. The molecule has 0 spiro atoms. The van der Waals surface area contributed by atoms with Crippen LogP contribution in [0, 0.1) is 0 Å². The molecular weight excluding hydrogens is 400 g/mol. The lowest BCUT2D eigenvalue weighted by atomic mass is 10.3. The molecule has 0 saturated carbocycles. The number of hydrogen-bond donors (Lipinski definition) is 4. The molecule has 0 unspecified atom stereocenters. The third-order valence-corrected chi connectivity index (χ3v) is 3.13. The second-order valence-electron chi connectivity index (χ2n) is 4.81. The summed E-state index contributed by atoms with van der Waals surface area (Å²) in [6.07, 6.45) is 0. The van der Waals surface area contributed by atoms with Crippen LogP contribution in [-0.2, 0) is 4.74 Å². The predicted molar refractivity (Wildman–Crippen MR) is 113 cm³/mol. The second kappa shape index (κ2) is 13.3. The Hall–Kier alpha value is -1.91. The minimum Gasteiger partial charge on any atom is -0.506 e. The molecule has 0 saturated heterocycles. The van der Waals surface area contributed by atoms with E-state index in [2.05, 4.69) is 23.4 Å². The zero-order chi connectivity index (χ0) is 19.6. The van der Waals surface area contributed by atoms with Crippen molar-refractivity contribution < 1.29 is 19.7 Å². The summed E-state index contributed by atoms with van der Waals surface area (Å²) in [5, 5.41) is 19.2. The maximum absolute atomic E-state index is 9.77. The van der Waals surface area contributed by atoms with Crippen LogP contribution in [0.1, 0.15) is 13.8 Å². The number of aliphatic imine (C=N–C) groups is 1. The van der Waals surface area contributed by atoms with Gasteiger partial charge in [0, 0.05) is 27.2 Å². The number of phenols is 2. The number of aromatic hydroxyl groups is 2. The molecule has 0 radical (unpaired) electrons. The highest BCUT2D eigenvalue weighted by molar-refractivity contribution is 7.96. The molecule has 11 heteroatoms. The van der Waals surface area contributed by atoms with Crippen molar-refractivity contribution in [2.75, 3.05) is 27.2 Å². The van der Waals surface area contributed by atoms with Crippen molar-refractivity contribution in [3.8, 4) is 11.5 Å². The van der Waals surface area contributed by atoms with Crippen LogP contribution >= 0.6 is 37.3 Å². The van der Waals surface area contributed by atoms with Crippen LogP contribution in [-0.4, -0.2) is 63.6 Å². The van der Waals surface area contributed by atoms with E-state index in [4.69, 9.17) is 21.7 Å². The third kappa shape index (κ3) is 9.54. The number of para-hydroxylation sites is 1. The van der Waals surface area contributed by atoms with E-state index in [-0.39, 0.29) is 35.6 Å². The summed E-state index contributed by atoms with van der Waals surface area (Å²) in [4.78, 5) is 16.7. The molecule has 1 rings (SSSR count). The molecule has 0 aliphatic heterocycles. The lowest BCUT2D eigenvalue weighted by Crippen LogP contribution is -2.36. The van der Waals surface area contributed by atoms with E-state index < -0.39 is 5.24 Å². The SMILES string of the molecule is CCN(CC)C(=S)OC(=Nc1c(O)cccc1O)N(C)C.Cl.NC(=O)S. The Morgan fingerprint density at radius 2 is 1.69 bits per heavy atom. The van der Waals surface area contributed by atoms with Crippen molar-refractivity contribution >= 4 is 59.4 Å². The predicted octanol–water partition coefficient (Wildman–Crippen LogP) is 2.71. The van der Waals surface area contributed by atoms with Gasteiger partial charge in [-0.25, -0.2) is 0 Å². The first-order valence-electron chi connectivity index (χ1n) is 7.36. The maximum atomic E-state index is 9.77. The number of nitrogens with zero attached hydrogens (tertiary/aromatic N) is 3. The van der Waals surface area contributed by atoms with Crippen molar-refractivity contribution in [3.05, 3.63) is 18.2 Å². The fourth-order valence-corrected chi connectivity index (χ4v) is 1.90. The van der Waals surface area contributed by atoms with E-state index in [1.165, 1.54) is 18.2 Å². The van der Waals surface area contributed by atoms with Crippen LogP contribution in [0.4, 0.5) is 10.5 Å². The summed E-state index contributed by atoms with van der Waals surface area (Å²) in [5.74, 6) is -0.265. The Balaban J connectivity index is 0. The number of nitrogens with two attached hydrogens (primary N) is 1. The molecule has 4 N–H and O–H groups in total. The summed E-state index contributed by atoms with van der Waals surface area (Å²) in [6.45, 7) is 5.39. The first-order valence-corrected chi connectivity index (χ1v) is 8.21. The highest BCUT2D eigenvalue weighted by atomic mass is 35.5. The van der Waals surface area contributed by atoms with Crippen LogP contribution in [0.3, 0.4) is 0 Å². The Morgan fingerprint density at radius 1 is 1.27 bits per heavy atom. The third-order valence-electron chi connectivity index (χ3n) is 2.78. The Kier molecular flexibility index (Phi) is 13.5. The van der Waals surface area contributed by atoms with Crippen LogP contribution in [0.25, 0.3) is 0 Å². The smallest absolute Gasteiger partial charge is 0.299 e. The van der Waals surface area contributed by atoms with Gasteiger partial charge in [0.25, 0.3) is 16.4 Å². The van der Waals surface area contributed by atoms with Gasteiger partial charge in [-0.05, 0) is 38.2 Å². The molecule has 0 fully saturated rings. The van der Waals surface area contributed by atoms with Gasteiger partial charge in [0.1, 0.15) is 11.5 Å². The lowest BCUT2D eigenvalue weighted by molar-refractivity contribution is 0.267. The van der Waals surface area contributed by atoms with Crippen molar-refractivity contribution in [3.63, 3.8) is 0 Å². The van der Waals surface area contributed by atoms with E-state index in [1.54, 1.807) is 19.0 Å². The molecule has 1 aromatic carbocycles. The number of thiocarbonyl (C=S) groups is 1. The van der Waals surface area contributed by atoms with Gasteiger partial charge in [-0.2, -0.15) is 4.99 Å². The first kappa shape index (κ1) is 26.3. The summed E-state index contributed by atoms with van der Waals surface area (Å²) in [7, 11) is 3.47. The Bertz CT molecular complexity index is 601. The summed E-state index contributed by atoms with van der Waals surface area (Å²) in [6, 6.07) is 4.59. The molecule has 0 aromatic heterocycles. The minimum atomic E-state index is -0.639. The molecular formula is C15H25ClN4O4S2. The molecule has 148 valence electrons. The number of amidine groups is 1. The Morgan fingerprint density at radius 3 is 2.04 bits per heavy atom. The second-order valence-corrected chi connectivity index (χ2v) is 5.60. The van der Waals surface area contributed by atoms with Crippen molar-refractivity contribution in [2.45, 2.75) is 13.8 Å². The zero-order valence-electron chi connectivity index (χ0n) is 15.0. The van der Waals surface area contributed by atoms with Gasteiger partial charge in [0.15, 0.2) is 5.69 Å². The molecule has 26 heavy (non-hydrogen) atoms. The van der Waals surface area contributed by atoms with Crippen LogP contribution in [0.15, 0.2) is 23.2 Å². The normalized spacial score (nSPS) is 9.96. The van der Waals surface area contributed by atoms with Gasteiger partial charge in [0.05, 0.1) is 0 Å². The number of amides is 1. The molecule has 0 bridgehead atoms. The summed E-state index contributed by atoms with van der Waals surface area (Å²) in [5.41, 5.74) is 4.38. The van der Waals surface area contributed by atoms with E-state index in [0.29, 0.717) is 5.17 Å². The standard InChI is InChI=1S/C14H21N3O3S.CH3NOS.ClH/c1-5-17(6-2)14(21)20-13(16(3)4)15-12-10(18)8-7-9-11(12)19;2-1(3)4;/h7-9,18-19H,5-6H2,1-4H3;(H3,2,3,4);1H. The number of phenolic OH excluding ortho intramolecular Hbond substituents is 2. The van der Waals surface area contributed by atoms with Crippen molar-refractivity contribution in [1.82, 2.24) is 9.80 Å². The first-order chi connectivity index (χ1) is 11.6. The number of benzene rings is 1. The highest BCUT2D eigenvalue weighted by Gasteiger charge is 2.15. The van der Waals surface area contributed by atoms with E-state index >= 15 is 0 Å². The fourth-order valence-electron chi connectivity index (χ4n) is 1.57. The van der Waals surface area contributed by atoms with Gasteiger partial charge in [0.2, 0.25) is 0 Å². The molecule has 0 heterocycles. The average molecular weight is 425 g/mol. The summed E-state index contributed by atoms with van der Waals surface area (Å²) >= 11 is 8.33. The molecule has 1 amide bonds. The van der Waals surface area contributed by atoms with Crippen molar-refractivity contribution in [1.29, 1.82) is 0 Å². The van der Waals surface area contributed by atoms with Crippen LogP contribution in [0.5, 0.6) is 11.5 Å². The van der Waals surface area contributed by atoms with Gasteiger partial charge in [-0.3, -0.25) is 4.79 Å². The molecule has 0 aliphatic rings. The number of primary amides is 1. The van der Waals surface area contributed by atoms with E-state index in [9.17, 15) is 10.2 Å². The fraction of sp³-hybridized carbons (Fsp3) is 0.400. The summed E-state index contributed by atoms with van der Waals surface area (Å²) < 4.78 is 5.58. The number of ether oxygens (including phenoxy) is 1. The number of halogens is 1. The van der Waals surface area contributed by atoms with Crippen molar-refractivity contribution in [2.24, 2.45) is 10.7 Å². The topological polar surface area (TPSA) is 112 Å². The largest absolute Gasteiger partial charge is 0.506 e. The lowest BCUT2D eigenvalue weighted by Gasteiger charge is -2.23.